The molecular formula is C14H22. The van der Waals surface area contributed by atoms with Gasteiger partial charge in [-0.25, -0.2) is 0 Å². The van der Waals surface area contributed by atoms with Crippen LogP contribution in [0.2, 0.25) is 0 Å². The summed E-state index contributed by atoms with van der Waals surface area (Å²) in [7, 11) is 0. The van der Waals surface area contributed by atoms with Gasteiger partial charge in [-0.15, -0.1) is 0 Å². The molecule has 78 valence electrons. The number of rotatable bonds is 4. The van der Waals surface area contributed by atoms with Gasteiger partial charge >= 0.3 is 0 Å². The smallest absolute Gasteiger partial charge is 0.0194 e. The Morgan fingerprint density at radius 1 is 0.929 bits per heavy atom. The van der Waals surface area contributed by atoms with E-state index < -0.39 is 0 Å². The molecule has 0 amide bonds. The van der Waals surface area contributed by atoms with Crippen LogP contribution in [0.1, 0.15) is 27.7 Å². The first kappa shape index (κ1) is 15.2. The molecule has 0 aromatic rings. The summed E-state index contributed by atoms with van der Waals surface area (Å²) >= 11 is 0. The number of hydrogen-bond donors (Lipinski definition) is 0. The number of hydrogen-bond acceptors (Lipinski definition) is 0. The van der Waals surface area contributed by atoms with Gasteiger partial charge in [0.05, 0.1) is 0 Å². The van der Waals surface area contributed by atoms with Crippen molar-refractivity contribution in [2.24, 2.45) is 0 Å². The van der Waals surface area contributed by atoms with Crippen LogP contribution in [0.4, 0.5) is 0 Å². The Morgan fingerprint density at radius 2 is 1.43 bits per heavy atom. The molecule has 0 saturated heterocycles. The summed E-state index contributed by atoms with van der Waals surface area (Å²) in [6, 6.07) is 0. The van der Waals surface area contributed by atoms with Gasteiger partial charge in [0.15, 0.2) is 0 Å². The summed E-state index contributed by atoms with van der Waals surface area (Å²) in [5, 5.41) is 0. The SMILES string of the molecule is C=CC(=C/C)/C(C=C)=C\C=C\C.CC. The van der Waals surface area contributed by atoms with Crippen molar-refractivity contribution >= 4 is 0 Å². The first-order chi connectivity index (χ1) is 6.79. The summed E-state index contributed by atoms with van der Waals surface area (Å²) in [5.41, 5.74) is 2.22. The van der Waals surface area contributed by atoms with Crippen molar-refractivity contribution in [1.29, 1.82) is 0 Å². The molecule has 0 radical (unpaired) electrons. The predicted octanol–water partition coefficient (Wildman–Crippen LogP) is 4.83. The topological polar surface area (TPSA) is 0 Å². The third-order valence-electron chi connectivity index (χ3n) is 1.55. The molecule has 0 saturated carbocycles. The Hall–Kier alpha value is -1.30. The molecule has 14 heavy (non-hydrogen) atoms. The zero-order chi connectivity index (χ0) is 11.4. The van der Waals surface area contributed by atoms with E-state index in [1.807, 2.05) is 64.2 Å². The zero-order valence-electron chi connectivity index (χ0n) is 9.88. The summed E-state index contributed by atoms with van der Waals surface area (Å²) in [6.07, 6.45) is 11.7. The van der Waals surface area contributed by atoms with E-state index in [2.05, 4.69) is 13.2 Å². The van der Waals surface area contributed by atoms with Crippen LogP contribution in [-0.2, 0) is 0 Å². The van der Waals surface area contributed by atoms with E-state index in [9.17, 15) is 0 Å². The molecule has 0 aliphatic rings. The third-order valence-corrected chi connectivity index (χ3v) is 1.55. The Balaban J connectivity index is 0. The molecule has 0 bridgehead atoms. The van der Waals surface area contributed by atoms with Gasteiger partial charge in [0.25, 0.3) is 0 Å². The van der Waals surface area contributed by atoms with Crippen molar-refractivity contribution in [3.05, 3.63) is 60.8 Å². The average Bonchev–Trinajstić information content (AvgIpc) is 2.27. The van der Waals surface area contributed by atoms with Crippen molar-refractivity contribution in [2.45, 2.75) is 27.7 Å². The van der Waals surface area contributed by atoms with E-state index in [0.29, 0.717) is 0 Å². The van der Waals surface area contributed by atoms with Crippen molar-refractivity contribution < 1.29 is 0 Å². The van der Waals surface area contributed by atoms with Gasteiger partial charge in [-0.3, -0.25) is 0 Å². The average molecular weight is 190 g/mol. The predicted molar refractivity (Wildman–Crippen MR) is 68.4 cm³/mol. The maximum atomic E-state index is 3.74. The van der Waals surface area contributed by atoms with Crippen LogP contribution in [0.3, 0.4) is 0 Å². The van der Waals surface area contributed by atoms with E-state index in [0.717, 1.165) is 11.1 Å². The second-order valence-electron chi connectivity index (χ2n) is 2.30. The summed E-state index contributed by atoms with van der Waals surface area (Å²) in [4.78, 5) is 0. The quantitative estimate of drug-likeness (QED) is 0.557. The summed E-state index contributed by atoms with van der Waals surface area (Å²) in [5.74, 6) is 0. The standard InChI is InChI=1S/C12H16.C2H6/c1-5-9-10-12(8-4)11(6-2)7-3;1-2/h5-10H,2,4H2,1,3H3;1-2H3/b9-5+,11-7-,12-10-;. The largest absolute Gasteiger partial charge is 0.0985 e. The first-order valence-electron chi connectivity index (χ1n) is 5.04. The Labute approximate surface area is 89.0 Å². The molecular weight excluding hydrogens is 168 g/mol. The van der Waals surface area contributed by atoms with Crippen molar-refractivity contribution in [1.82, 2.24) is 0 Å². The molecule has 0 aromatic heterocycles. The Bertz CT molecular complexity index is 237. The molecule has 0 fully saturated rings. The first-order valence-corrected chi connectivity index (χ1v) is 5.04. The van der Waals surface area contributed by atoms with E-state index in [-0.39, 0.29) is 0 Å². The maximum Gasteiger partial charge on any atom is -0.0194 e. The van der Waals surface area contributed by atoms with E-state index in [1.165, 1.54) is 0 Å². The van der Waals surface area contributed by atoms with E-state index in [1.54, 1.807) is 0 Å². The highest BCUT2D eigenvalue weighted by Crippen LogP contribution is 2.11. The van der Waals surface area contributed by atoms with E-state index >= 15 is 0 Å². The molecule has 0 atom stereocenters. The van der Waals surface area contributed by atoms with Crippen LogP contribution in [0.5, 0.6) is 0 Å². The minimum Gasteiger partial charge on any atom is -0.0985 e. The fourth-order valence-corrected chi connectivity index (χ4v) is 0.884. The van der Waals surface area contributed by atoms with Gasteiger partial charge in [-0.1, -0.05) is 63.5 Å². The lowest BCUT2D eigenvalue weighted by atomic mass is 10.1. The van der Waals surface area contributed by atoms with E-state index in [4.69, 9.17) is 0 Å². The maximum absolute atomic E-state index is 3.74. The van der Waals surface area contributed by atoms with Gasteiger partial charge in [0, 0.05) is 0 Å². The lowest BCUT2D eigenvalue weighted by molar-refractivity contribution is 1.50. The molecule has 0 aromatic carbocycles. The molecule has 0 N–H and O–H groups in total. The van der Waals surface area contributed by atoms with Gasteiger partial charge in [-0.05, 0) is 25.0 Å². The van der Waals surface area contributed by atoms with Gasteiger partial charge in [-0.2, -0.15) is 0 Å². The lowest BCUT2D eigenvalue weighted by Gasteiger charge is -1.99. The lowest BCUT2D eigenvalue weighted by Crippen LogP contribution is -1.80. The number of allylic oxidation sites excluding steroid dienone is 8. The highest BCUT2D eigenvalue weighted by Gasteiger charge is 1.92. The Morgan fingerprint density at radius 3 is 1.71 bits per heavy atom. The highest BCUT2D eigenvalue weighted by atomic mass is 14.0. The fraction of sp³-hybridized carbons (Fsp3) is 0.286. The van der Waals surface area contributed by atoms with Crippen LogP contribution in [0, 0.1) is 0 Å². The van der Waals surface area contributed by atoms with Crippen molar-refractivity contribution in [3.8, 4) is 0 Å². The molecule has 0 spiro atoms. The second kappa shape index (κ2) is 11.7. The normalized spacial score (nSPS) is 12.0. The van der Waals surface area contributed by atoms with Crippen LogP contribution < -0.4 is 0 Å². The second-order valence-corrected chi connectivity index (χ2v) is 2.30. The zero-order valence-corrected chi connectivity index (χ0v) is 9.88. The van der Waals surface area contributed by atoms with Crippen LogP contribution in [-0.4, -0.2) is 0 Å². The molecule has 0 nitrogen and oxygen atoms in total. The molecule has 0 aliphatic heterocycles. The van der Waals surface area contributed by atoms with Crippen LogP contribution in [0.15, 0.2) is 60.8 Å². The van der Waals surface area contributed by atoms with Crippen molar-refractivity contribution in [2.75, 3.05) is 0 Å². The molecule has 0 unspecified atom stereocenters. The van der Waals surface area contributed by atoms with Crippen LogP contribution >= 0.6 is 0 Å². The highest BCUT2D eigenvalue weighted by molar-refractivity contribution is 5.46. The Kier molecular flexibility index (Phi) is 12.7. The molecule has 0 heteroatoms. The summed E-state index contributed by atoms with van der Waals surface area (Å²) < 4.78 is 0. The van der Waals surface area contributed by atoms with Crippen molar-refractivity contribution in [3.63, 3.8) is 0 Å². The van der Waals surface area contributed by atoms with Crippen LogP contribution in [0.25, 0.3) is 0 Å². The van der Waals surface area contributed by atoms with Gasteiger partial charge < -0.3 is 0 Å². The third kappa shape index (κ3) is 6.24. The minimum absolute atomic E-state index is 1.10. The molecule has 0 aliphatic carbocycles. The molecule has 0 heterocycles. The monoisotopic (exact) mass is 190 g/mol. The fourth-order valence-electron chi connectivity index (χ4n) is 0.884. The van der Waals surface area contributed by atoms with Gasteiger partial charge in [0.1, 0.15) is 0 Å². The minimum atomic E-state index is 1.10. The molecule has 0 rings (SSSR count). The summed E-state index contributed by atoms with van der Waals surface area (Å²) in [6.45, 7) is 15.4. The van der Waals surface area contributed by atoms with Gasteiger partial charge in [0.2, 0.25) is 0 Å².